The highest BCUT2D eigenvalue weighted by Crippen LogP contribution is 2.30. The van der Waals surface area contributed by atoms with Gasteiger partial charge in [-0.3, -0.25) is 24.3 Å². The number of methoxy groups -OCH3 is 1. The maximum atomic E-state index is 13.2. The van der Waals surface area contributed by atoms with E-state index in [0.29, 0.717) is 21.8 Å². The van der Waals surface area contributed by atoms with Crippen LogP contribution in [0.1, 0.15) is 12.7 Å². The van der Waals surface area contributed by atoms with E-state index in [1.807, 2.05) is 0 Å². The van der Waals surface area contributed by atoms with Crippen LogP contribution in [0.5, 0.6) is 5.75 Å². The second-order valence-electron chi connectivity index (χ2n) is 7.27. The van der Waals surface area contributed by atoms with Gasteiger partial charge in [0.15, 0.2) is 5.16 Å². The molecule has 2 heterocycles. The molecule has 174 valence electrons. The molecule has 4 aromatic rings. The molecule has 0 aliphatic carbocycles. The van der Waals surface area contributed by atoms with Crippen LogP contribution < -0.4 is 15.6 Å². The number of aromatic nitrogens is 2. The molecule has 0 aliphatic rings. The van der Waals surface area contributed by atoms with E-state index in [4.69, 9.17) is 9.15 Å². The number of amides is 1. The second-order valence-corrected chi connectivity index (χ2v) is 8.58. The van der Waals surface area contributed by atoms with Crippen LogP contribution in [0, 0.1) is 10.1 Å². The highest BCUT2D eigenvalue weighted by atomic mass is 32.2. The van der Waals surface area contributed by atoms with Gasteiger partial charge in [0.2, 0.25) is 5.91 Å². The topological polar surface area (TPSA) is 130 Å². The third-order valence-corrected chi connectivity index (χ3v) is 6.11. The maximum Gasteiger partial charge on any atom is 0.271 e. The molecule has 0 fully saturated rings. The molecule has 1 N–H and O–H groups in total. The molecule has 0 bridgehead atoms. The number of thioether (sulfide) groups is 1. The van der Waals surface area contributed by atoms with Crippen molar-refractivity contribution in [3.05, 3.63) is 87.1 Å². The average Bonchev–Trinajstić information content (AvgIpc) is 3.34. The van der Waals surface area contributed by atoms with E-state index < -0.39 is 16.1 Å². The van der Waals surface area contributed by atoms with Gasteiger partial charge in [-0.2, -0.15) is 0 Å². The summed E-state index contributed by atoms with van der Waals surface area (Å²) in [7, 11) is 1.40. The fraction of sp³-hybridized carbons (Fsp3) is 0.174. The highest BCUT2D eigenvalue weighted by Gasteiger charge is 2.22. The number of nitro groups is 1. The Morgan fingerprint density at radius 3 is 2.76 bits per heavy atom. The first-order valence-corrected chi connectivity index (χ1v) is 11.1. The Bertz CT molecular complexity index is 1420. The molecule has 11 heteroatoms. The van der Waals surface area contributed by atoms with Crippen molar-refractivity contribution >= 4 is 39.9 Å². The fourth-order valence-electron chi connectivity index (χ4n) is 3.29. The number of furan rings is 1. The third-order valence-electron chi connectivity index (χ3n) is 5.02. The van der Waals surface area contributed by atoms with E-state index >= 15 is 0 Å². The summed E-state index contributed by atoms with van der Waals surface area (Å²) >= 11 is 1.10. The molecule has 2 aromatic carbocycles. The summed E-state index contributed by atoms with van der Waals surface area (Å²) in [5.74, 6) is 0.421. The van der Waals surface area contributed by atoms with Crippen LogP contribution in [-0.2, 0) is 11.3 Å². The van der Waals surface area contributed by atoms with Gasteiger partial charge in [0.05, 0.1) is 46.7 Å². The summed E-state index contributed by atoms with van der Waals surface area (Å²) in [6, 6.07) is 14.4. The van der Waals surface area contributed by atoms with E-state index in [0.717, 1.165) is 11.8 Å². The zero-order valence-electron chi connectivity index (χ0n) is 18.3. The lowest BCUT2D eigenvalue weighted by Crippen LogP contribution is -2.27. The summed E-state index contributed by atoms with van der Waals surface area (Å²) < 4.78 is 12.1. The van der Waals surface area contributed by atoms with E-state index in [2.05, 4.69) is 10.3 Å². The predicted octanol–water partition coefficient (Wildman–Crippen LogP) is 4.07. The number of non-ortho nitro benzene ring substituents is 1. The monoisotopic (exact) mass is 480 g/mol. The second kappa shape index (κ2) is 9.79. The average molecular weight is 481 g/mol. The van der Waals surface area contributed by atoms with Crippen molar-refractivity contribution in [3.8, 4) is 5.75 Å². The van der Waals surface area contributed by atoms with Crippen molar-refractivity contribution in [3.63, 3.8) is 0 Å². The van der Waals surface area contributed by atoms with Gasteiger partial charge >= 0.3 is 0 Å². The number of rotatable bonds is 8. The Labute approximate surface area is 197 Å². The maximum absolute atomic E-state index is 13.2. The van der Waals surface area contributed by atoms with Gasteiger partial charge in [-0.05, 0) is 37.3 Å². The summed E-state index contributed by atoms with van der Waals surface area (Å²) in [4.78, 5) is 41.3. The number of hydrogen-bond donors (Lipinski definition) is 1. The molecule has 0 aliphatic heterocycles. The van der Waals surface area contributed by atoms with E-state index in [1.54, 1.807) is 43.3 Å². The van der Waals surface area contributed by atoms with Crippen LogP contribution in [0.2, 0.25) is 0 Å². The minimum Gasteiger partial charge on any atom is -0.495 e. The quantitative estimate of drug-likeness (QED) is 0.173. The molecule has 0 saturated heterocycles. The number of carbonyl (C=O) groups excluding carboxylic acids is 1. The van der Waals surface area contributed by atoms with E-state index in [9.17, 15) is 19.7 Å². The molecule has 4 rings (SSSR count). The van der Waals surface area contributed by atoms with Crippen LogP contribution >= 0.6 is 11.8 Å². The zero-order chi connectivity index (χ0) is 24.2. The highest BCUT2D eigenvalue weighted by molar-refractivity contribution is 8.00. The lowest BCUT2D eigenvalue weighted by Gasteiger charge is -2.16. The number of benzene rings is 2. The van der Waals surface area contributed by atoms with E-state index in [-0.39, 0.29) is 29.2 Å². The third kappa shape index (κ3) is 4.79. The Hall–Kier alpha value is -4.12. The van der Waals surface area contributed by atoms with Gasteiger partial charge in [0.25, 0.3) is 11.2 Å². The molecule has 10 nitrogen and oxygen atoms in total. The molecule has 0 spiro atoms. The van der Waals surface area contributed by atoms with Gasteiger partial charge in [0, 0.05) is 12.1 Å². The largest absolute Gasteiger partial charge is 0.495 e. The summed E-state index contributed by atoms with van der Waals surface area (Å²) in [5.41, 5.74) is 0.254. The normalized spacial score (nSPS) is 11.8. The van der Waals surface area contributed by atoms with Gasteiger partial charge in [0.1, 0.15) is 11.5 Å². The van der Waals surface area contributed by atoms with Crippen LogP contribution in [0.25, 0.3) is 10.9 Å². The van der Waals surface area contributed by atoms with Crippen LogP contribution in [0.15, 0.2) is 75.2 Å². The lowest BCUT2D eigenvalue weighted by molar-refractivity contribution is -0.384. The SMILES string of the molecule is COc1ccc([N+](=O)[O-])cc1NC(=O)[C@H](C)Sc1nc2ccccc2c(=O)n1Cc1ccco1. The molecule has 34 heavy (non-hydrogen) atoms. The zero-order valence-corrected chi connectivity index (χ0v) is 19.1. The van der Waals surface area contributed by atoms with Crippen molar-refractivity contribution in [2.45, 2.75) is 23.9 Å². The fourth-order valence-corrected chi connectivity index (χ4v) is 4.20. The predicted molar refractivity (Wildman–Crippen MR) is 127 cm³/mol. The lowest BCUT2D eigenvalue weighted by atomic mass is 10.2. The van der Waals surface area contributed by atoms with E-state index in [1.165, 1.54) is 36.1 Å². The first-order chi connectivity index (χ1) is 16.4. The number of fused-ring (bicyclic) bond motifs is 1. The minimum absolute atomic E-state index is 0.152. The molecular formula is C23H20N4O6S. The number of anilines is 1. The minimum atomic E-state index is -0.695. The molecule has 0 unspecified atom stereocenters. The van der Waals surface area contributed by atoms with Crippen molar-refractivity contribution < 1.29 is 18.9 Å². The molecule has 1 atom stereocenters. The van der Waals surface area contributed by atoms with Crippen LogP contribution in [-0.4, -0.2) is 32.7 Å². The summed E-state index contributed by atoms with van der Waals surface area (Å²) in [6.45, 7) is 1.81. The smallest absolute Gasteiger partial charge is 0.271 e. The van der Waals surface area contributed by atoms with Crippen molar-refractivity contribution in [2.75, 3.05) is 12.4 Å². The summed E-state index contributed by atoms with van der Waals surface area (Å²) in [5, 5.41) is 13.9. The number of nitrogens with one attached hydrogen (secondary N) is 1. The summed E-state index contributed by atoms with van der Waals surface area (Å²) in [6.07, 6.45) is 1.52. The number of para-hydroxylation sites is 1. The Kier molecular flexibility index (Phi) is 6.64. The van der Waals surface area contributed by atoms with Crippen molar-refractivity contribution in [1.29, 1.82) is 0 Å². The van der Waals surface area contributed by atoms with Crippen LogP contribution in [0.3, 0.4) is 0 Å². The van der Waals surface area contributed by atoms with Crippen molar-refractivity contribution in [2.24, 2.45) is 0 Å². The number of ether oxygens (including phenoxy) is 1. The first-order valence-electron chi connectivity index (χ1n) is 10.2. The van der Waals surface area contributed by atoms with Gasteiger partial charge in [-0.15, -0.1) is 0 Å². The number of hydrogen-bond acceptors (Lipinski definition) is 8. The van der Waals surface area contributed by atoms with Gasteiger partial charge in [-0.1, -0.05) is 23.9 Å². The molecular weight excluding hydrogens is 460 g/mol. The molecule has 0 radical (unpaired) electrons. The van der Waals surface area contributed by atoms with Crippen molar-refractivity contribution in [1.82, 2.24) is 9.55 Å². The number of nitrogens with zero attached hydrogens (tertiary/aromatic N) is 3. The Morgan fingerprint density at radius 1 is 1.26 bits per heavy atom. The molecule has 0 saturated carbocycles. The Balaban J connectivity index is 1.64. The Morgan fingerprint density at radius 2 is 2.06 bits per heavy atom. The molecule has 1 amide bonds. The molecule has 2 aromatic heterocycles. The first kappa shape index (κ1) is 23.1. The van der Waals surface area contributed by atoms with Gasteiger partial charge < -0.3 is 14.5 Å². The van der Waals surface area contributed by atoms with Crippen LogP contribution in [0.4, 0.5) is 11.4 Å². The number of carbonyl (C=O) groups is 1. The van der Waals surface area contributed by atoms with Gasteiger partial charge in [-0.25, -0.2) is 4.98 Å². The standard InChI is InChI=1S/C23H20N4O6S/c1-14(21(28)24-19-12-15(27(30)31)9-10-20(19)32-2)34-23-25-18-8-4-3-7-17(18)22(29)26(23)13-16-6-5-11-33-16/h3-12,14H,13H2,1-2H3,(H,24,28)/t14-/m0/s1. The number of nitro benzene ring substituents is 1.